The summed E-state index contributed by atoms with van der Waals surface area (Å²) in [5.74, 6) is 0. The Labute approximate surface area is 57.3 Å². The van der Waals surface area contributed by atoms with Gasteiger partial charge in [-0.1, -0.05) is 24.0 Å². The summed E-state index contributed by atoms with van der Waals surface area (Å²) < 4.78 is 0. The Balaban J connectivity index is 2.99. The third-order valence-corrected chi connectivity index (χ3v) is 3.54. The van der Waals surface area contributed by atoms with Gasteiger partial charge in [-0.3, -0.25) is 0 Å². The molecule has 0 bridgehead atoms. The minimum Gasteiger partial charge on any atom is -0.0801 e. The van der Waals surface area contributed by atoms with E-state index >= 15 is 0 Å². The van der Waals surface area contributed by atoms with E-state index in [9.17, 15) is 0 Å². The number of hydrogen-bond donors (Lipinski definition) is 0. The summed E-state index contributed by atoms with van der Waals surface area (Å²) >= 11 is 3.35. The second-order valence-electron chi connectivity index (χ2n) is 1.53. The fourth-order valence-corrected chi connectivity index (χ4v) is 2.25. The topological polar surface area (TPSA) is 0 Å². The van der Waals surface area contributed by atoms with Gasteiger partial charge < -0.3 is 0 Å². The van der Waals surface area contributed by atoms with Crippen LogP contribution in [0, 0.1) is 0 Å². The molecule has 0 aromatic carbocycles. The fourth-order valence-electron chi connectivity index (χ4n) is 0.415. The van der Waals surface area contributed by atoms with E-state index in [0.717, 1.165) is 5.25 Å². The Morgan fingerprint density at radius 2 is 1.86 bits per heavy atom. The van der Waals surface area contributed by atoms with Crippen molar-refractivity contribution in [1.82, 2.24) is 0 Å². The van der Waals surface area contributed by atoms with Crippen molar-refractivity contribution in [2.45, 2.75) is 31.9 Å². The zero-order chi connectivity index (χ0) is 5.70. The number of rotatable bonds is 3. The first kappa shape index (κ1) is 7.83. The van der Waals surface area contributed by atoms with E-state index in [0.29, 0.717) is 0 Å². The molecule has 0 fully saturated rings. The van der Waals surface area contributed by atoms with E-state index < -0.39 is 0 Å². The Morgan fingerprint density at radius 1 is 1.43 bits per heavy atom. The molecule has 0 heterocycles. The average Bonchev–Trinajstić information content (AvgIpc) is 1.72. The minimum atomic E-state index is 0.819. The lowest BCUT2D eigenvalue weighted by Crippen LogP contribution is -1.92. The van der Waals surface area contributed by atoms with Crippen LogP contribution in [0.5, 0.6) is 0 Å². The van der Waals surface area contributed by atoms with Crippen LogP contribution in [0.25, 0.3) is 0 Å². The lowest BCUT2D eigenvalue weighted by molar-refractivity contribution is 0.797. The number of hydrogen-bond acceptors (Lipinski definition) is 1. The molecule has 0 nitrogen and oxygen atoms in total. The molecule has 0 aliphatic rings. The van der Waals surface area contributed by atoms with Gasteiger partial charge >= 0.3 is 0 Å². The van der Waals surface area contributed by atoms with Gasteiger partial charge in [0.1, 0.15) is 0 Å². The second-order valence-corrected chi connectivity index (χ2v) is 3.49. The second kappa shape index (κ2) is 4.98. The van der Waals surface area contributed by atoms with Crippen molar-refractivity contribution < 1.29 is 0 Å². The molecule has 0 N–H and O–H groups in total. The maximum absolute atomic E-state index is 3.35. The summed E-state index contributed by atoms with van der Waals surface area (Å²) in [5.41, 5.74) is 0. The molecule has 44 valence electrons. The first-order chi connectivity index (χ1) is 3.35. The highest BCUT2D eigenvalue weighted by molar-refractivity contribution is 9.50. The molecule has 0 aromatic heterocycles. The minimum absolute atomic E-state index is 0.819. The highest BCUT2D eigenvalue weighted by Gasteiger charge is 1.98. The van der Waals surface area contributed by atoms with Gasteiger partial charge in [0.05, 0.1) is 0 Å². The highest BCUT2D eigenvalue weighted by atomic mass is 79.9. The Kier molecular flexibility index (Phi) is 5.57. The third-order valence-electron chi connectivity index (χ3n) is 1.04. The van der Waals surface area contributed by atoms with Crippen LogP contribution in [0.15, 0.2) is 0 Å². The summed E-state index contributed by atoms with van der Waals surface area (Å²) in [6.45, 7) is 4.42. The normalized spacial score (nSPS) is 10.3. The van der Waals surface area contributed by atoms with E-state index in [4.69, 9.17) is 0 Å². The van der Waals surface area contributed by atoms with E-state index in [2.05, 4.69) is 28.7 Å². The molecule has 7 heavy (non-hydrogen) atoms. The molecule has 2 heteroatoms. The molecule has 0 radical (unpaired) electrons. The van der Waals surface area contributed by atoms with Crippen LogP contribution < -0.4 is 0 Å². The molecule has 0 aliphatic heterocycles. The zero-order valence-electron chi connectivity index (χ0n) is 4.78. The van der Waals surface area contributed by atoms with Gasteiger partial charge in [0.15, 0.2) is 0 Å². The highest BCUT2D eigenvalue weighted by Crippen LogP contribution is 2.23. The van der Waals surface area contributed by atoms with Crippen LogP contribution in [0.3, 0.4) is 0 Å². The average molecular weight is 183 g/mol. The van der Waals surface area contributed by atoms with Crippen LogP contribution in [0.2, 0.25) is 0 Å². The van der Waals surface area contributed by atoms with E-state index in [1.54, 1.807) is 10.2 Å². The summed E-state index contributed by atoms with van der Waals surface area (Å²) in [6, 6.07) is 0. The Morgan fingerprint density at radius 3 is 1.86 bits per heavy atom. The van der Waals surface area contributed by atoms with E-state index in [-0.39, 0.29) is 0 Å². The standard InChI is InChI=1S/C5H11BrS/c1-3-5(4-2)7-6/h5H,3-4H2,1-2H3. The van der Waals surface area contributed by atoms with Crippen LogP contribution in [0.4, 0.5) is 0 Å². The Bertz CT molecular complexity index is 29.6. The number of halogens is 1. The van der Waals surface area contributed by atoms with Crippen LogP contribution in [0.1, 0.15) is 26.7 Å². The van der Waals surface area contributed by atoms with Gasteiger partial charge in [0.25, 0.3) is 0 Å². The molecule has 0 rings (SSSR count). The van der Waals surface area contributed by atoms with Crippen molar-refractivity contribution in [3.05, 3.63) is 0 Å². The summed E-state index contributed by atoms with van der Waals surface area (Å²) in [6.07, 6.45) is 2.54. The van der Waals surface area contributed by atoms with E-state index in [1.165, 1.54) is 12.8 Å². The summed E-state index contributed by atoms with van der Waals surface area (Å²) in [4.78, 5) is 0. The third kappa shape index (κ3) is 3.42. The maximum Gasteiger partial charge on any atom is 0.0151 e. The predicted octanol–water partition coefficient (Wildman–Crippen LogP) is 3.22. The van der Waals surface area contributed by atoms with Gasteiger partial charge in [-0.2, -0.15) is 0 Å². The fraction of sp³-hybridized carbons (Fsp3) is 1.00. The molecule has 0 saturated carbocycles. The summed E-state index contributed by atoms with van der Waals surface area (Å²) in [5, 5.41) is 0.819. The van der Waals surface area contributed by atoms with Gasteiger partial charge in [-0.25, -0.2) is 0 Å². The van der Waals surface area contributed by atoms with Crippen molar-refractivity contribution in [2.24, 2.45) is 0 Å². The van der Waals surface area contributed by atoms with Gasteiger partial charge in [-0.15, -0.1) is 0 Å². The first-order valence-corrected chi connectivity index (χ1v) is 5.34. The van der Waals surface area contributed by atoms with Crippen molar-refractivity contribution in [2.75, 3.05) is 0 Å². The molecule has 0 atom stereocenters. The Hall–Kier alpha value is 0.830. The van der Waals surface area contributed by atoms with Crippen molar-refractivity contribution >= 4 is 25.0 Å². The molecule has 0 saturated heterocycles. The zero-order valence-corrected chi connectivity index (χ0v) is 7.18. The van der Waals surface area contributed by atoms with Gasteiger partial charge in [-0.05, 0) is 27.7 Å². The van der Waals surface area contributed by atoms with Crippen molar-refractivity contribution in [1.29, 1.82) is 0 Å². The molecule has 0 aliphatic carbocycles. The van der Waals surface area contributed by atoms with Gasteiger partial charge in [0, 0.05) is 5.25 Å². The van der Waals surface area contributed by atoms with Crippen molar-refractivity contribution in [3.8, 4) is 0 Å². The molecule has 0 aromatic rings. The molecular formula is C5H11BrS. The predicted molar refractivity (Wildman–Crippen MR) is 40.9 cm³/mol. The molecule has 0 amide bonds. The monoisotopic (exact) mass is 182 g/mol. The molecule has 0 spiro atoms. The maximum atomic E-state index is 3.35. The van der Waals surface area contributed by atoms with Crippen LogP contribution >= 0.6 is 25.0 Å². The lowest BCUT2D eigenvalue weighted by atomic mass is 10.3. The molecular weight excluding hydrogens is 172 g/mol. The van der Waals surface area contributed by atoms with Crippen LogP contribution in [-0.4, -0.2) is 5.25 Å². The smallest absolute Gasteiger partial charge is 0.0151 e. The first-order valence-electron chi connectivity index (χ1n) is 2.62. The molecule has 0 unspecified atom stereocenters. The van der Waals surface area contributed by atoms with Crippen molar-refractivity contribution in [3.63, 3.8) is 0 Å². The SMILES string of the molecule is CCC(CC)SBr. The lowest BCUT2D eigenvalue weighted by Gasteiger charge is -2.03. The van der Waals surface area contributed by atoms with Gasteiger partial charge in [0.2, 0.25) is 0 Å². The largest absolute Gasteiger partial charge is 0.0801 e. The quantitative estimate of drug-likeness (QED) is 0.647. The van der Waals surface area contributed by atoms with E-state index in [1.807, 2.05) is 0 Å². The van der Waals surface area contributed by atoms with Crippen LogP contribution in [-0.2, 0) is 0 Å². The summed E-state index contributed by atoms with van der Waals surface area (Å²) in [7, 11) is 1.78.